The van der Waals surface area contributed by atoms with Crippen molar-refractivity contribution in [3.63, 3.8) is 0 Å². The predicted molar refractivity (Wildman–Crippen MR) is 210 cm³/mol. The van der Waals surface area contributed by atoms with E-state index in [1.54, 1.807) is 17.8 Å². The number of aryl methyl sites for hydroxylation is 3. The molecule has 0 spiro atoms. The summed E-state index contributed by atoms with van der Waals surface area (Å²) in [6.07, 6.45) is 4.55. The maximum absolute atomic E-state index is 10.9. The summed E-state index contributed by atoms with van der Waals surface area (Å²) < 4.78 is 10.6. The van der Waals surface area contributed by atoms with Gasteiger partial charge in [0.05, 0.1) is 21.9 Å². The van der Waals surface area contributed by atoms with E-state index in [4.69, 9.17) is 26.8 Å². The number of nitrogens with one attached hydrogen (secondary N) is 3. The summed E-state index contributed by atoms with van der Waals surface area (Å²) >= 11 is 11.1. The van der Waals surface area contributed by atoms with Crippen LogP contribution in [0.4, 0.5) is 0 Å². The number of aliphatic hydroxyl groups is 1. The second-order valence-electron chi connectivity index (χ2n) is 12.2. The fourth-order valence-corrected chi connectivity index (χ4v) is 8.44. The number of benzene rings is 3. The molecular weight excluding hydrogens is 771 g/mol. The van der Waals surface area contributed by atoms with Gasteiger partial charge in [0.25, 0.3) is 0 Å². The van der Waals surface area contributed by atoms with E-state index >= 15 is 0 Å². The lowest BCUT2D eigenvalue weighted by molar-refractivity contribution is -0.0818. The van der Waals surface area contributed by atoms with E-state index in [9.17, 15) is 10.2 Å². The zero-order valence-electron chi connectivity index (χ0n) is 27.9. The maximum Gasteiger partial charge on any atom is 0.196 e. The first kappa shape index (κ1) is 35.7. The lowest BCUT2D eigenvalue weighted by atomic mass is 9.97. The van der Waals surface area contributed by atoms with Crippen LogP contribution in [0.15, 0.2) is 65.2 Å². The Bertz CT molecular complexity index is 2040. The third kappa shape index (κ3) is 7.38. The van der Waals surface area contributed by atoms with Crippen LogP contribution in [-0.2, 0) is 37.7 Å². The number of hydrogen-bond acceptors (Lipinski definition) is 8. The van der Waals surface area contributed by atoms with Gasteiger partial charge in [-0.1, -0.05) is 64.5 Å². The number of methoxy groups -OCH3 is 1. The van der Waals surface area contributed by atoms with Gasteiger partial charge in [-0.15, -0.1) is 11.8 Å². The first-order valence-corrected chi connectivity index (χ1v) is 19.3. The molecule has 0 radical (unpaired) electrons. The average molecular weight is 813 g/mol. The molecule has 1 aliphatic heterocycles. The minimum Gasteiger partial charge on any atom is -0.507 e. The normalized spacial score (nSPS) is 13.8. The maximum atomic E-state index is 10.9. The van der Waals surface area contributed by atoms with Crippen molar-refractivity contribution in [2.45, 2.75) is 50.0 Å². The van der Waals surface area contributed by atoms with Crippen LogP contribution in [0.25, 0.3) is 32.8 Å². The first-order valence-electron chi connectivity index (χ1n) is 16.4. The molecule has 0 saturated carbocycles. The number of halogens is 2. The topological polar surface area (TPSA) is 120 Å². The lowest BCUT2D eigenvalue weighted by Crippen LogP contribution is -2.23. The Morgan fingerprint density at radius 1 is 1.20 bits per heavy atom. The highest BCUT2D eigenvalue weighted by Crippen LogP contribution is 2.44. The van der Waals surface area contributed by atoms with Crippen molar-refractivity contribution in [1.82, 2.24) is 25.0 Å². The monoisotopic (exact) mass is 812 g/mol. The van der Waals surface area contributed by atoms with Crippen molar-refractivity contribution in [3.8, 4) is 16.9 Å². The summed E-state index contributed by atoms with van der Waals surface area (Å²) in [6, 6.07) is 15.7. The molecule has 1 aliphatic rings. The summed E-state index contributed by atoms with van der Waals surface area (Å²) in [6.45, 7) is 1.69. The van der Waals surface area contributed by atoms with Gasteiger partial charge in [-0.2, -0.15) is 5.10 Å². The quantitative estimate of drug-likeness (QED) is 0.0244. The van der Waals surface area contributed by atoms with Crippen LogP contribution >= 0.6 is 46.0 Å². The van der Waals surface area contributed by atoms with Crippen LogP contribution in [0.1, 0.15) is 41.8 Å². The molecule has 3 heterocycles. The van der Waals surface area contributed by atoms with Crippen molar-refractivity contribution < 1.29 is 14.9 Å². The first-order chi connectivity index (χ1) is 23.7. The predicted octanol–water partition coefficient (Wildman–Crippen LogP) is 7.51. The third-order valence-corrected chi connectivity index (χ3v) is 11.2. The van der Waals surface area contributed by atoms with E-state index in [1.807, 2.05) is 55.1 Å². The van der Waals surface area contributed by atoms with Gasteiger partial charge in [-0.3, -0.25) is 4.68 Å². The van der Waals surface area contributed by atoms with Crippen molar-refractivity contribution in [3.05, 3.63) is 88.0 Å². The minimum atomic E-state index is -1.05. The van der Waals surface area contributed by atoms with Gasteiger partial charge < -0.3 is 35.6 Å². The van der Waals surface area contributed by atoms with Gasteiger partial charge in [0.15, 0.2) is 6.29 Å². The average Bonchev–Trinajstić information content (AvgIpc) is 3.77. The van der Waals surface area contributed by atoms with E-state index in [2.05, 4.69) is 50.0 Å². The molecule has 5 aromatic rings. The van der Waals surface area contributed by atoms with Crippen LogP contribution < -0.4 is 10.6 Å². The Morgan fingerprint density at radius 3 is 2.80 bits per heavy atom. The molecule has 0 aliphatic carbocycles. The Morgan fingerprint density at radius 2 is 2.02 bits per heavy atom. The Balaban J connectivity index is 1.23. The number of ether oxygens (including phenoxy) is 1. The number of aromatic hydroxyl groups is 1. The Kier molecular flexibility index (Phi) is 11.6. The van der Waals surface area contributed by atoms with E-state index in [0.717, 1.165) is 97.0 Å². The lowest BCUT2D eigenvalue weighted by Gasteiger charge is -2.14. The summed E-state index contributed by atoms with van der Waals surface area (Å²) in [5.41, 5.74) is 8.19. The highest BCUT2D eigenvalue weighted by atomic mass is 127. The molecule has 6 rings (SSSR count). The van der Waals surface area contributed by atoms with Crippen LogP contribution in [0.3, 0.4) is 0 Å². The number of rotatable bonds is 15. The Labute approximate surface area is 309 Å². The Hall–Kier alpha value is -3.07. The zero-order chi connectivity index (χ0) is 34.7. The molecule has 1 unspecified atom stereocenters. The molecule has 1 atom stereocenters. The van der Waals surface area contributed by atoms with E-state index in [-0.39, 0.29) is 5.75 Å². The second kappa shape index (κ2) is 15.9. The van der Waals surface area contributed by atoms with Crippen LogP contribution in [-0.4, -0.2) is 61.2 Å². The molecular formula is C37H42ClIN6O3S. The van der Waals surface area contributed by atoms with E-state index in [1.165, 1.54) is 12.8 Å². The third-order valence-electron chi connectivity index (χ3n) is 9.12. The molecule has 12 heteroatoms. The van der Waals surface area contributed by atoms with Gasteiger partial charge in [0, 0.05) is 90.5 Å². The molecule has 0 fully saturated rings. The molecule has 3 aromatic carbocycles. The fourth-order valence-electron chi connectivity index (χ4n) is 6.86. The number of thioether (sulfide) groups is 1. The SMILES string of the molecule is CN/C(=C\C(=N)CNCc1nn2c(c1-c1c(Cl)ccc3c(CCCI)c(C(O)OC)n(C)c13)CCC2)CSc1cc(O)c2ccccc2c1. The van der Waals surface area contributed by atoms with Gasteiger partial charge >= 0.3 is 0 Å². The van der Waals surface area contributed by atoms with Crippen molar-refractivity contribution >= 4 is 73.3 Å². The highest BCUT2D eigenvalue weighted by molar-refractivity contribution is 14.1. The molecule has 5 N–H and O–H groups in total. The highest BCUT2D eigenvalue weighted by Gasteiger charge is 2.29. The molecule has 9 nitrogen and oxygen atoms in total. The largest absolute Gasteiger partial charge is 0.507 e. The molecule has 0 amide bonds. The molecule has 49 heavy (non-hydrogen) atoms. The summed E-state index contributed by atoms with van der Waals surface area (Å²) in [5, 5.41) is 45.4. The number of fused-ring (bicyclic) bond motifs is 3. The van der Waals surface area contributed by atoms with Crippen molar-refractivity contribution in [2.75, 3.05) is 30.9 Å². The molecule has 258 valence electrons. The number of aliphatic hydroxyl groups excluding tert-OH is 1. The summed E-state index contributed by atoms with van der Waals surface area (Å²) in [7, 11) is 5.36. The summed E-state index contributed by atoms with van der Waals surface area (Å²) in [5.74, 6) is 0.902. The number of aromatic nitrogens is 3. The smallest absolute Gasteiger partial charge is 0.196 e. The van der Waals surface area contributed by atoms with Crippen LogP contribution in [0, 0.1) is 5.41 Å². The van der Waals surface area contributed by atoms with Crippen molar-refractivity contribution in [1.29, 1.82) is 5.41 Å². The van der Waals surface area contributed by atoms with Gasteiger partial charge in [0.2, 0.25) is 0 Å². The van der Waals surface area contributed by atoms with Gasteiger partial charge in [0.1, 0.15) is 5.75 Å². The summed E-state index contributed by atoms with van der Waals surface area (Å²) in [4.78, 5) is 0.968. The molecule has 0 bridgehead atoms. The number of phenols is 1. The van der Waals surface area contributed by atoms with E-state index < -0.39 is 6.29 Å². The standard InChI is InChI=1S/C37H42ClIN6O3S/c1-41-24(21-49-25-16-22-8-4-5-9-26(22)32(46)18-25)17-23(40)19-42-20-30-34(31-11-7-15-45(31)43-30)33-29(38)13-12-28-27(10-6-14-39)36(37(47)48-3)44(2)35(28)33/h4-5,8-9,12-13,16-18,37,40-42,46-47H,6-7,10-11,14-15,19-21H2,1-3H3/b24-17-,40-23?. The van der Waals surface area contributed by atoms with Gasteiger partial charge in [-0.25, -0.2) is 0 Å². The number of nitrogens with zero attached hydrogens (tertiary/aromatic N) is 3. The fraction of sp³-hybridized carbons (Fsp3) is 0.351. The number of hydrogen-bond donors (Lipinski definition) is 5. The second-order valence-corrected chi connectivity index (χ2v) is 14.8. The molecule has 2 aromatic heterocycles. The van der Waals surface area contributed by atoms with E-state index in [0.29, 0.717) is 29.6 Å². The van der Waals surface area contributed by atoms with Gasteiger partial charge in [-0.05, 0) is 65.3 Å². The zero-order valence-corrected chi connectivity index (χ0v) is 31.7. The van der Waals surface area contributed by atoms with Crippen LogP contribution in [0.2, 0.25) is 5.02 Å². The number of phenolic OH excluding ortho intramolecular Hbond substituents is 1. The van der Waals surface area contributed by atoms with Crippen molar-refractivity contribution in [2.24, 2.45) is 7.05 Å². The van der Waals surface area contributed by atoms with Crippen LogP contribution in [0.5, 0.6) is 5.75 Å². The minimum absolute atomic E-state index is 0.270. The number of alkyl halides is 1. The molecule has 0 saturated heterocycles.